The minimum Gasteiger partial charge on any atom is -0.545 e. The average molecular weight is 259 g/mol. The Morgan fingerprint density at radius 3 is 2.58 bits per heavy atom. The molecule has 1 fully saturated rings. The average Bonchev–Trinajstić information content (AvgIpc) is 2.38. The van der Waals surface area contributed by atoms with Crippen LogP contribution in [-0.4, -0.2) is 29.3 Å². The van der Waals surface area contributed by atoms with E-state index in [2.05, 4.69) is 24.0 Å². The van der Waals surface area contributed by atoms with Gasteiger partial charge in [0.25, 0.3) is 0 Å². The maximum absolute atomic E-state index is 11.0. The van der Waals surface area contributed by atoms with Crippen LogP contribution in [0.4, 0.5) is 0 Å². The van der Waals surface area contributed by atoms with Crippen molar-refractivity contribution in [1.29, 1.82) is 0 Å². The van der Waals surface area contributed by atoms with E-state index < -0.39 is 5.97 Å². The first-order valence-corrected chi connectivity index (χ1v) is 6.72. The van der Waals surface area contributed by atoms with Crippen LogP contribution >= 0.6 is 0 Å². The summed E-state index contributed by atoms with van der Waals surface area (Å²) in [5, 5.41) is 17.6. The van der Waals surface area contributed by atoms with Crippen LogP contribution in [0, 0.1) is 0 Å². The Bertz CT molecular complexity index is 475. The van der Waals surface area contributed by atoms with Crippen LogP contribution in [0.5, 0.6) is 0 Å². The summed E-state index contributed by atoms with van der Waals surface area (Å²) in [6.45, 7) is 4.30. The van der Waals surface area contributed by atoms with Crippen molar-refractivity contribution in [3.63, 3.8) is 0 Å². The van der Waals surface area contributed by atoms with Crippen LogP contribution in [-0.2, 0) is 0 Å². The number of hydrogen-bond donors (Lipinski definition) is 0. The molecule has 1 aliphatic heterocycles. The summed E-state index contributed by atoms with van der Waals surface area (Å²) >= 11 is 0. The minimum absolute atomic E-state index is 0.184. The second-order valence-corrected chi connectivity index (χ2v) is 5.13. The minimum atomic E-state index is -1.17. The smallest absolute Gasteiger partial charge is 0.0721 e. The molecular formula is C15H19N2O2-. The fourth-order valence-corrected chi connectivity index (χ4v) is 2.56. The molecule has 0 amide bonds. The Labute approximate surface area is 113 Å². The van der Waals surface area contributed by atoms with Gasteiger partial charge >= 0.3 is 0 Å². The lowest BCUT2D eigenvalue weighted by Gasteiger charge is -2.36. The van der Waals surface area contributed by atoms with Crippen molar-refractivity contribution in [3.8, 4) is 0 Å². The van der Waals surface area contributed by atoms with Crippen LogP contribution in [0.1, 0.15) is 49.0 Å². The number of rotatable bonds is 3. The van der Waals surface area contributed by atoms with Gasteiger partial charge in [-0.1, -0.05) is 24.3 Å². The molecule has 1 saturated heterocycles. The van der Waals surface area contributed by atoms with E-state index in [0.29, 0.717) is 17.6 Å². The first-order valence-electron chi connectivity index (χ1n) is 6.72. The highest BCUT2D eigenvalue weighted by Crippen LogP contribution is 2.22. The Morgan fingerprint density at radius 1 is 1.32 bits per heavy atom. The highest BCUT2D eigenvalue weighted by Gasteiger charge is 2.22. The fourth-order valence-electron chi connectivity index (χ4n) is 2.56. The highest BCUT2D eigenvalue weighted by molar-refractivity contribution is 5.97. The molecule has 2 rings (SSSR count). The molecule has 2 atom stereocenters. The largest absolute Gasteiger partial charge is 0.545 e. The van der Waals surface area contributed by atoms with Crippen LogP contribution < -0.4 is 5.11 Å². The van der Waals surface area contributed by atoms with Crippen molar-refractivity contribution in [3.05, 3.63) is 35.4 Å². The van der Waals surface area contributed by atoms with E-state index in [0.717, 1.165) is 12.8 Å². The van der Waals surface area contributed by atoms with Crippen LogP contribution in [0.25, 0.3) is 0 Å². The first kappa shape index (κ1) is 13.6. The zero-order chi connectivity index (χ0) is 13.8. The lowest BCUT2D eigenvalue weighted by atomic mass is 10.00. The second-order valence-electron chi connectivity index (χ2n) is 5.13. The molecule has 0 aromatic heterocycles. The van der Waals surface area contributed by atoms with E-state index in [9.17, 15) is 9.90 Å². The number of carboxylic acids is 1. The van der Waals surface area contributed by atoms with Crippen molar-refractivity contribution >= 4 is 12.2 Å². The van der Waals surface area contributed by atoms with Crippen molar-refractivity contribution in [2.24, 2.45) is 5.10 Å². The molecule has 102 valence electrons. The molecular weight excluding hydrogens is 240 g/mol. The molecule has 0 radical (unpaired) electrons. The van der Waals surface area contributed by atoms with E-state index in [1.807, 2.05) is 0 Å². The SMILES string of the molecule is C[C@@H]1CCC[C@@H](C)N1/N=C\c1ccccc1C(=O)[O-]. The van der Waals surface area contributed by atoms with Crippen molar-refractivity contribution < 1.29 is 9.90 Å². The number of nitrogens with zero attached hydrogens (tertiary/aromatic N) is 2. The van der Waals surface area contributed by atoms with Gasteiger partial charge in [0.15, 0.2) is 0 Å². The molecule has 1 heterocycles. The van der Waals surface area contributed by atoms with E-state index in [1.54, 1.807) is 30.5 Å². The Kier molecular flexibility index (Phi) is 4.20. The Balaban J connectivity index is 2.20. The topological polar surface area (TPSA) is 55.7 Å². The third-order valence-corrected chi connectivity index (χ3v) is 3.66. The molecule has 1 aromatic carbocycles. The van der Waals surface area contributed by atoms with Gasteiger partial charge in [-0.15, -0.1) is 0 Å². The predicted octanol–water partition coefficient (Wildman–Crippen LogP) is 1.65. The van der Waals surface area contributed by atoms with Gasteiger partial charge in [-0.05, 0) is 33.1 Å². The molecule has 0 unspecified atom stereocenters. The molecule has 0 N–H and O–H groups in total. The van der Waals surface area contributed by atoms with Crippen LogP contribution in [0.15, 0.2) is 29.4 Å². The monoisotopic (exact) mass is 259 g/mol. The van der Waals surface area contributed by atoms with Gasteiger partial charge < -0.3 is 9.90 Å². The van der Waals surface area contributed by atoms with Crippen LogP contribution in [0.2, 0.25) is 0 Å². The number of carbonyl (C=O) groups is 1. The standard InChI is InChI=1S/C15H20N2O2/c1-11-6-5-7-12(2)17(11)16-10-13-8-3-4-9-14(13)15(18)19/h3-4,8-12H,5-7H2,1-2H3,(H,18,19)/p-1/b16-10-/t11-,12-/m1/s1. The summed E-state index contributed by atoms with van der Waals surface area (Å²) in [6.07, 6.45) is 5.11. The van der Waals surface area contributed by atoms with Gasteiger partial charge in [0, 0.05) is 23.2 Å². The second kappa shape index (κ2) is 5.87. The lowest BCUT2D eigenvalue weighted by molar-refractivity contribution is -0.255. The number of piperidine rings is 1. The van der Waals surface area contributed by atoms with Gasteiger partial charge in [-0.25, -0.2) is 0 Å². The zero-order valence-corrected chi connectivity index (χ0v) is 11.4. The third kappa shape index (κ3) is 3.13. The van der Waals surface area contributed by atoms with Gasteiger partial charge in [0.2, 0.25) is 0 Å². The summed E-state index contributed by atoms with van der Waals surface area (Å²) < 4.78 is 0. The van der Waals surface area contributed by atoms with E-state index in [-0.39, 0.29) is 5.56 Å². The van der Waals surface area contributed by atoms with Crippen molar-refractivity contribution in [2.45, 2.75) is 45.2 Å². The lowest BCUT2D eigenvalue weighted by Crippen LogP contribution is -2.39. The zero-order valence-electron chi connectivity index (χ0n) is 11.4. The summed E-state index contributed by atoms with van der Waals surface area (Å²) in [5.74, 6) is -1.17. The number of hydrogen-bond acceptors (Lipinski definition) is 4. The summed E-state index contributed by atoms with van der Waals surface area (Å²) in [5.41, 5.74) is 0.774. The summed E-state index contributed by atoms with van der Waals surface area (Å²) in [7, 11) is 0. The van der Waals surface area contributed by atoms with Gasteiger partial charge in [0.05, 0.1) is 12.2 Å². The molecule has 0 spiro atoms. The fraction of sp³-hybridized carbons (Fsp3) is 0.467. The van der Waals surface area contributed by atoms with E-state index in [4.69, 9.17) is 0 Å². The van der Waals surface area contributed by atoms with Gasteiger partial charge in [-0.2, -0.15) is 5.10 Å². The summed E-state index contributed by atoms with van der Waals surface area (Å²) in [6, 6.07) is 7.57. The Morgan fingerprint density at radius 2 is 1.95 bits per heavy atom. The highest BCUT2D eigenvalue weighted by atomic mass is 16.4. The van der Waals surface area contributed by atoms with E-state index in [1.165, 1.54) is 6.42 Å². The molecule has 19 heavy (non-hydrogen) atoms. The first-order chi connectivity index (χ1) is 9.09. The van der Waals surface area contributed by atoms with Gasteiger partial charge in [-0.3, -0.25) is 5.01 Å². The van der Waals surface area contributed by atoms with E-state index >= 15 is 0 Å². The molecule has 4 nitrogen and oxygen atoms in total. The normalized spacial score (nSPS) is 23.8. The number of carboxylic acid groups (broad SMARTS) is 1. The molecule has 1 aromatic rings. The maximum Gasteiger partial charge on any atom is 0.0721 e. The van der Waals surface area contributed by atoms with Crippen molar-refractivity contribution in [2.75, 3.05) is 0 Å². The maximum atomic E-state index is 11.0. The predicted molar refractivity (Wildman–Crippen MR) is 73.0 cm³/mol. The number of aromatic carboxylic acids is 1. The summed E-state index contributed by atoms with van der Waals surface area (Å²) in [4.78, 5) is 11.0. The quantitative estimate of drug-likeness (QED) is 0.775. The third-order valence-electron chi connectivity index (χ3n) is 3.66. The molecule has 4 heteroatoms. The van der Waals surface area contributed by atoms with Crippen molar-refractivity contribution in [1.82, 2.24) is 5.01 Å². The molecule has 0 saturated carbocycles. The number of carbonyl (C=O) groups excluding carboxylic acids is 1. The molecule has 0 aliphatic carbocycles. The molecule has 0 bridgehead atoms. The van der Waals surface area contributed by atoms with Crippen LogP contribution in [0.3, 0.4) is 0 Å². The molecule has 1 aliphatic rings. The Hall–Kier alpha value is -1.84. The number of hydrazone groups is 1. The number of benzene rings is 1. The van der Waals surface area contributed by atoms with Gasteiger partial charge in [0.1, 0.15) is 0 Å².